The Balaban J connectivity index is 2.03. The van der Waals surface area contributed by atoms with E-state index in [9.17, 15) is 5.11 Å². The maximum atomic E-state index is 10.1. The lowest BCUT2D eigenvalue weighted by Crippen LogP contribution is -2.07. The summed E-state index contributed by atoms with van der Waals surface area (Å²) in [5, 5.41) is 22.0. The molecule has 0 aliphatic heterocycles. The van der Waals surface area contributed by atoms with Gasteiger partial charge in [0.05, 0.1) is 18.0 Å². The summed E-state index contributed by atoms with van der Waals surface area (Å²) in [6, 6.07) is 4.10. The Labute approximate surface area is 106 Å². The Morgan fingerprint density at radius 3 is 2.83 bits per heavy atom. The first kappa shape index (κ1) is 12.7. The van der Waals surface area contributed by atoms with Gasteiger partial charge in [-0.05, 0) is 25.5 Å². The van der Waals surface area contributed by atoms with Gasteiger partial charge in [-0.3, -0.25) is 4.68 Å². The van der Waals surface area contributed by atoms with Crippen molar-refractivity contribution in [3.63, 3.8) is 0 Å². The normalized spacial score (nSPS) is 14.4. The van der Waals surface area contributed by atoms with Gasteiger partial charge in [-0.15, -0.1) is 0 Å². The highest BCUT2D eigenvalue weighted by Crippen LogP contribution is 2.17. The van der Waals surface area contributed by atoms with Gasteiger partial charge in [0.1, 0.15) is 0 Å². The van der Waals surface area contributed by atoms with E-state index in [1.54, 1.807) is 18.5 Å². The molecule has 1 N–H and O–H groups in total. The van der Waals surface area contributed by atoms with Gasteiger partial charge >= 0.3 is 0 Å². The number of rotatable bonds is 5. The first-order valence-corrected chi connectivity index (χ1v) is 6.19. The highest BCUT2D eigenvalue weighted by molar-refractivity contribution is 5.13. The zero-order valence-electron chi connectivity index (χ0n) is 10.7. The van der Waals surface area contributed by atoms with Gasteiger partial charge in [-0.1, -0.05) is 6.92 Å². The fourth-order valence-corrected chi connectivity index (χ4v) is 1.73. The molecule has 5 nitrogen and oxygen atoms in total. The highest BCUT2D eigenvalue weighted by atomic mass is 16.3. The predicted octanol–water partition coefficient (Wildman–Crippen LogP) is 1.92. The second kappa shape index (κ2) is 5.73. The van der Waals surface area contributed by atoms with Crippen LogP contribution in [0, 0.1) is 0 Å². The average Bonchev–Trinajstić information content (AvgIpc) is 2.87. The molecular weight excluding hydrogens is 228 g/mol. The second-order valence-electron chi connectivity index (χ2n) is 4.44. The summed E-state index contributed by atoms with van der Waals surface area (Å²) >= 11 is 0. The third kappa shape index (κ3) is 2.92. The summed E-state index contributed by atoms with van der Waals surface area (Å²) in [7, 11) is 0. The predicted molar refractivity (Wildman–Crippen MR) is 67.9 cm³/mol. The van der Waals surface area contributed by atoms with Crippen LogP contribution in [-0.4, -0.2) is 25.1 Å². The molecule has 0 saturated heterocycles. The summed E-state index contributed by atoms with van der Waals surface area (Å²) in [5.74, 6) is 0. The zero-order valence-corrected chi connectivity index (χ0v) is 10.7. The van der Waals surface area contributed by atoms with Crippen molar-refractivity contribution in [2.45, 2.75) is 38.8 Å². The van der Waals surface area contributed by atoms with E-state index in [0.717, 1.165) is 17.7 Å². The summed E-state index contributed by atoms with van der Waals surface area (Å²) in [6.07, 6.45) is 6.07. The number of aliphatic hydroxyl groups is 1. The number of aliphatic hydroxyl groups excluding tert-OH is 1. The van der Waals surface area contributed by atoms with Crippen LogP contribution in [0.5, 0.6) is 0 Å². The van der Waals surface area contributed by atoms with E-state index in [2.05, 4.69) is 29.1 Å². The van der Waals surface area contributed by atoms with Crippen LogP contribution < -0.4 is 0 Å². The van der Waals surface area contributed by atoms with Crippen LogP contribution in [0.3, 0.4) is 0 Å². The van der Waals surface area contributed by atoms with E-state index < -0.39 is 6.10 Å². The van der Waals surface area contributed by atoms with E-state index in [1.165, 1.54) is 0 Å². The van der Waals surface area contributed by atoms with Crippen molar-refractivity contribution < 1.29 is 5.11 Å². The van der Waals surface area contributed by atoms with Crippen molar-refractivity contribution in [3.8, 4) is 0 Å². The molecule has 0 spiro atoms. The molecule has 96 valence electrons. The highest BCUT2D eigenvalue weighted by Gasteiger charge is 2.12. The molecular formula is C13H18N4O. The number of hydrogen-bond donors (Lipinski definition) is 1. The van der Waals surface area contributed by atoms with Crippen LogP contribution in [0.25, 0.3) is 0 Å². The van der Waals surface area contributed by atoms with Crippen LogP contribution in [0.1, 0.15) is 43.7 Å². The van der Waals surface area contributed by atoms with Gasteiger partial charge < -0.3 is 5.11 Å². The van der Waals surface area contributed by atoms with Crippen LogP contribution in [-0.2, 0) is 6.42 Å². The maximum Gasteiger partial charge on any atom is 0.0862 e. The van der Waals surface area contributed by atoms with E-state index >= 15 is 0 Å². The first-order chi connectivity index (χ1) is 8.70. The van der Waals surface area contributed by atoms with Gasteiger partial charge in [0.25, 0.3) is 0 Å². The number of nitrogens with zero attached hydrogens (tertiary/aromatic N) is 4. The minimum Gasteiger partial charge on any atom is -0.388 e. The largest absolute Gasteiger partial charge is 0.388 e. The van der Waals surface area contributed by atoms with Crippen LogP contribution in [0.15, 0.2) is 30.7 Å². The Bertz CT molecular complexity index is 483. The molecule has 0 radical (unpaired) electrons. The van der Waals surface area contributed by atoms with Crippen LogP contribution in [0.2, 0.25) is 0 Å². The number of aromatic nitrogens is 4. The molecule has 2 atom stereocenters. The van der Waals surface area contributed by atoms with Crippen molar-refractivity contribution in [3.05, 3.63) is 42.0 Å². The lowest BCUT2D eigenvalue weighted by Gasteiger charge is -2.10. The summed E-state index contributed by atoms with van der Waals surface area (Å²) < 4.78 is 1.94. The molecule has 0 bridgehead atoms. The molecule has 2 unspecified atom stereocenters. The Hall–Kier alpha value is -1.75. The van der Waals surface area contributed by atoms with Gasteiger partial charge in [0, 0.05) is 30.4 Å². The summed E-state index contributed by atoms with van der Waals surface area (Å²) in [5.41, 5.74) is 1.66. The molecule has 5 heteroatoms. The molecule has 2 aromatic heterocycles. The quantitative estimate of drug-likeness (QED) is 0.875. The van der Waals surface area contributed by atoms with E-state index in [4.69, 9.17) is 0 Å². The third-order valence-electron chi connectivity index (χ3n) is 3.10. The summed E-state index contributed by atoms with van der Waals surface area (Å²) in [6.45, 7) is 4.25. The minimum atomic E-state index is -0.583. The molecule has 0 aliphatic carbocycles. The zero-order chi connectivity index (χ0) is 13.0. The summed E-state index contributed by atoms with van der Waals surface area (Å²) in [4.78, 5) is 0. The van der Waals surface area contributed by atoms with Crippen LogP contribution in [0.4, 0.5) is 0 Å². The molecule has 0 aromatic carbocycles. The SMILES string of the molecule is CCC(C)n1ccc(CC(O)c2ccnnc2)n1. The van der Waals surface area contributed by atoms with E-state index in [-0.39, 0.29) is 0 Å². The van der Waals surface area contributed by atoms with E-state index in [0.29, 0.717) is 12.5 Å². The minimum absolute atomic E-state index is 0.387. The van der Waals surface area contributed by atoms with Gasteiger partial charge in [-0.25, -0.2) is 0 Å². The Kier molecular flexibility index (Phi) is 4.04. The molecule has 2 heterocycles. The Morgan fingerprint density at radius 1 is 1.33 bits per heavy atom. The first-order valence-electron chi connectivity index (χ1n) is 6.19. The topological polar surface area (TPSA) is 63.8 Å². The molecule has 0 amide bonds. The maximum absolute atomic E-state index is 10.1. The van der Waals surface area contributed by atoms with Crippen molar-refractivity contribution in [2.24, 2.45) is 0 Å². The van der Waals surface area contributed by atoms with Crippen LogP contribution >= 0.6 is 0 Å². The van der Waals surface area contributed by atoms with Gasteiger partial charge in [-0.2, -0.15) is 15.3 Å². The van der Waals surface area contributed by atoms with Gasteiger partial charge in [0.15, 0.2) is 0 Å². The van der Waals surface area contributed by atoms with Crippen molar-refractivity contribution >= 4 is 0 Å². The fraction of sp³-hybridized carbons (Fsp3) is 0.462. The molecule has 0 fully saturated rings. The third-order valence-corrected chi connectivity index (χ3v) is 3.10. The molecule has 2 aromatic rings. The second-order valence-corrected chi connectivity index (χ2v) is 4.44. The van der Waals surface area contributed by atoms with Crippen molar-refractivity contribution in [1.82, 2.24) is 20.0 Å². The fourth-order valence-electron chi connectivity index (χ4n) is 1.73. The van der Waals surface area contributed by atoms with Crippen molar-refractivity contribution in [1.29, 1.82) is 0 Å². The average molecular weight is 246 g/mol. The van der Waals surface area contributed by atoms with E-state index in [1.807, 2.05) is 16.9 Å². The molecule has 2 rings (SSSR count). The standard InChI is InChI=1S/C13H18N4O/c1-3-10(2)17-7-5-12(16-17)8-13(18)11-4-6-14-15-9-11/h4-7,9-10,13,18H,3,8H2,1-2H3. The molecule has 18 heavy (non-hydrogen) atoms. The molecule has 0 saturated carbocycles. The Morgan fingerprint density at radius 2 is 2.17 bits per heavy atom. The smallest absolute Gasteiger partial charge is 0.0862 e. The lowest BCUT2D eigenvalue weighted by molar-refractivity contribution is 0.176. The van der Waals surface area contributed by atoms with Gasteiger partial charge in [0.2, 0.25) is 0 Å². The number of hydrogen-bond acceptors (Lipinski definition) is 4. The molecule has 0 aliphatic rings. The van der Waals surface area contributed by atoms with Crippen molar-refractivity contribution in [2.75, 3.05) is 0 Å². The lowest BCUT2D eigenvalue weighted by atomic mass is 10.1. The monoisotopic (exact) mass is 246 g/mol.